The lowest BCUT2D eigenvalue weighted by atomic mass is 10.1. The number of hydrogen-bond donors (Lipinski definition) is 2. The molecule has 0 bridgehead atoms. The molecule has 1 heterocycles. The third-order valence-corrected chi connectivity index (χ3v) is 3.03. The van der Waals surface area contributed by atoms with Gasteiger partial charge >= 0.3 is 0 Å². The first-order valence-corrected chi connectivity index (χ1v) is 7.13. The van der Waals surface area contributed by atoms with Crippen LogP contribution in [0.3, 0.4) is 0 Å². The van der Waals surface area contributed by atoms with E-state index in [-0.39, 0.29) is 0 Å². The second-order valence-corrected chi connectivity index (χ2v) is 5.35. The molecule has 0 aliphatic carbocycles. The molecule has 108 valence electrons. The third-order valence-electron chi connectivity index (χ3n) is 3.03. The van der Waals surface area contributed by atoms with E-state index >= 15 is 0 Å². The van der Waals surface area contributed by atoms with Gasteiger partial charge in [0.05, 0.1) is 11.2 Å². The lowest BCUT2D eigenvalue weighted by Crippen LogP contribution is -2.09. The van der Waals surface area contributed by atoms with E-state index in [4.69, 9.17) is 10.5 Å². The Balaban J connectivity index is 1.89. The van der Waals surface area contributed by atoms with Crippen LogP contribution < -0.4 is 11.1 Å². The highest BCUT2D eigenvalue weighted by atomic mass is 16.5. The fourth-order valence-electron chi connectivity index (χ4n) is 2.06. The first kappa shape index (κ1) is 14.6. The van der Waals surface area contributed by atoms with Crippen LogP contribution >= 0.6 is 0 Å². The average Bonchev–Trinajstić information content (AvgIpc) is 2.45. The fourth-order valence-corrected chi connectivity index (χ4v) is 2.06. The first-order chi connectivity index (χ1) is 9.68. The van der Waals surface area contributed by atoms with Crippen molar-refractivity contribution in [1.29, 1.82) is 0 Å². The van der Waals surface area contributed by atoms with Crippen molar-refractivity contribution in [1.82, 2.24) is 4.98 Å². The highest BCUT2D eigenvalue weighted by Gasteiger charge is 2.04. The number of pyridine rings is 1. The summed E-state index contributed by atoms with van der Waals surface area (Å²) in [6.45, 7) is 6.81. The van der Waals surface area contributed by atoms with Crippen molar-refractivity contribution in [2.24, 2.45) is 5.92 Å². The zero-order valence-corrected chi connectivity index (χ0v) is 12.2. The maximum atomic E-state index is 5.94. The predicted molar refractivity (Wildman–Crippen MR) is 84.9 cm³/mol. The van der Waals surface area contributed by atoms with Crippen LogP contribution in [-0.2, 0) is 4.74 Å². The summed E-state index contributed by atoms with van der Waals surface area (Å²) in [5.41, 5.74) is 8.58. The van der Waals surface area contributed by atoms with Gasteiger partial charge in [0, 0.05) is 37.0 Å². The fraction of sp³-hybridized carbons (Fsp3) is 0.438. The standard InChI is InChI=1S/C16H23N3O/c1-12(2)11-20-10-4-9-18-15-7-6-14(17)16-13(15)5-3-8-19-16/h3,5-8,12,18H,4,9-11,17H2,1-2H3. The molecular formula is C16H23N3O. The number of nitrogens with two attached hydrogens (primary N) is 1. The van der Waals surface area contributed by atoms with Gasteiger partial charge in [0.15, 0.2) is 0 Å². The molecule has 3 N–H and O–H groups in total. The number of nitrogens with zero attached hydrogens (tertiary/aromatic N) is 1. The number of hydrogen-bond acceptors (Lipinski definition) is 4. The third kappa shape index (κ3) is 3.84. The SMILES string of the molecule is CC(C)COCCCNc1ccc(N)c2ncccc12. The van der Waals surface area contributed by atoms with Crippen molar-refractivity contribution >= 4 is 22.3 Å². The Hall–Kier alpha value is -1.81. The Morgan fingerprint density at radius 1 is 1.30 bits per heavy atom. The lowest BCUT2D eigenvalue weighted by Gasteiger charge is -2.11. The summed E-state index contributed by atoms with van der Waals surface area (Å²) < 4.78 is 5.57. The molecule has 1 aromatic carbocycles. The van der Waals surface area contributed by atoms with E-state index in [1.54, 1.807) is 6.20 Å². The smallest absolute Gasteiger partial charge is 0.0951 e. The number of anilines is 2. The molecule has 0 aliphatic heterocycles. The Morgan fingerprint density at radius 2 is 2.15 bits per heavy atom. The van der Waals surface area contributed by atoms with Crippen LogP contribution in [0.5, 0.6) is 0 Å². The first-order valence-electron chi connectivity index (χ1n) is 7.13. The number of rotatable bonds is 7. The summed E-state index contributed by atoms with van der Waals surface area (Å²) in [5, 5.41) is 4.49. The second kappa shape index (κ2) is 7.10. The minimum absolute atomic E-state index is 0.593. The van der Waals surface area contributed by atoms with E-state index in [0.717, 1.165) is 42.8 Å². The zero-order valence-electron chi connectivity index (χ0n) is 12.2. The molecule has 0 atom stereocenters. The number of fused-ring (bicyclic) bond motifs is 1. The normalized spacial score (nSPS) is 11.2. The molecule has 2 aromatic rings. The van der Waals surface area contributed by atoms with Gasteiger partial charge in [-0.3, -0.25) is 4.98 Å². The van der Waals surface area contributed by atoms with Crippen molar-refractivity contribution in [3.8, 4) is 0 Å². The molecule has 0 radical (unpaired) electrons. The average molecular weight is 273 g/mol. The molecular weight excluding hydrogens is 250 g/mol. The Bertz CT molecular complexity index is 554. The monoisotopic (exact) mass is 273 g/mol. The lowest BCUT2D eigenvalue weighted by molar-refractivity contribution is 0.110. The largest absolute Gasteiger partial charge is 0.397 e. The number of ether oxygens (including phenoxy) is 1. The number of nitrogen functional groups attached to an aromatic ring is 1. The van der Waals surface area contributed by atoms with Gasteiger partial charge in [-0.2, -0.15) is 0 Å². The maximum absolute atomic E-state index is 5.94. The molecule has 20 heavy (non-hydrogen) atoms. The molecule has 2 rings (SSSR count). The minimum atomic E-state index is 0.593. The Labute approximate surface area is 120 Å². The molecule has 4 nitrogen and oxygen atoms in total. The van der Waals surface area contributed by atoms with E-state index in [9.17, 15) is 0 Å². The van der Waals surface area contributed by atoms with Gasteiger partial charge in [0.25, 0.3) is 0 Å². The summed E-state index contributed by atoms with van der Waals surface area (Å²) >= 11 is 0. The van der Waals surface area contributed by atoms with Crippen molar-refractivity contribution in [3.63, 3.8) is 0 Å². The van der Waals surface area contributed by atoms with Gasteiger partial charge in [-0.05, 0) is 36.6 Å². The minimum Gasteiger partial charge on any atom is -0.397 e. The predicted octanol–water partition coefficient (Wildman–Crippen LogP) is 3.29. The van der Waals surface area contributed by atoms with Crippen LogP contribution in [0.15, 0.2) is 30.5 Å². The molecule has 0 unspecified atom stereocenters. The van der Waals surface area contributed by atoms with Crippen LogP contribution in [0.25, 0.3) is 10.9 Å². The molecule has 0 saturated heterocycles. The summed E-state index contributed by atoms with van der Waals surface area (Å²) in [7, 11) is 0. The summed E-state index contributed by atoms with van der Waals surface area (Å²) in [6, 6.07) is 7.87. The topological polar surface area (TPSA) is 60.2 Å². The number of nitrogens with one attached hydrogen (secondary N) is 1. The van der Waals surface area contributed by atoms with E-state index in [1.165, 1.54) is 0 Å². The molecule has 0 spiro atoms. The van der Waals surface area contributed by atoms with Gasteiger partial charge in [0.2, 0.25) is 0 Å². The van der Waals surface area contributed by atoms with Gasteiger partial charge in [-0.1, -0.05) is 13.8 Å². The molecule has 4 heteroatoms. The summed E-state index contributed by atoms with van der Waals surface area (Å²) in [6.07, 6.45) is 2.75. The quantitative estimate of drug-likeness (QED) is 0.600. The van der Waals surface area contributed by atoms with Crippen molar-refractivity contribution in [2.45, 2.75) is 20.3 Å². The second-order valence-electron chi connectivity index (χ2n) is 5.35. The molecule has 0 fully saturated rings. The van der Waals surface area contributed by atoms with Crippen LogP contribution in [0.2, 0.25) is 0 Å². The molecule has 0 saturated carbocycles. The van der Waals surface area contributed by atoms with Crippen molar-refractivity contribution in [2.75, 3.05) is 30.8 Å². The van der Waals surface area contributed by atoms with E-state index < -0.39 is 0 Å². The van der Waals surface area contributed by atoms with Gasteiger partial charge < -0.3 is 15.8 Å². The van der Waals surface area contributed by atoms with Gasteiger partial charge in [-0.25, -0.2) is 0 Å². The summed E-state index contributed by atoms with van der Waals surface area (Å²) in [5.74, 6) is 0.593. The van der Waals surface area contributed by atoms with Crippen LogP contribution in [0.1, 0.15) is 20.3 Å². The molecule has 0 aliphatic rings. The van der Waals surface area contributed by atoms with E-state index in [2.05, 4.69) is 24.1 Å². The van der Waals surface area contributed by atoms with Gasteiger partial charge in [0.1, 0.15) is 0 Å². The van der Waals surface area contributed by atoms with Crippen LogP contribution in [0, 0.1) is 5.92 Å². The van der Waals surface area contributed by atoms with Crippen LogP contribution in [-0.4, -0.2) is 24.7 Å². The highest BCUT2D eigenvalue weighted by Crippen LogP contribution is 2.26. The van der Waals surface area contributed by atoms with Crippen molar-refractivity contribution < 1.29 is 4.74 Å². The summed E-state index contributed by atoms with van der Waals surface area (Å²) in [4.78, 5) is 4.33. The highest BCUT2D eigenvalue weighted by molar-refractivity contribution is 5.98. The van der Waals surface area contributed by atoms with E-state index in [0.29, 0.717) is 11.6 Å². The zero-order chi connectivity index (χ0) is 14.4. The molecule has 1 aromatic heterocycles. The Kier molecular flexibility index (Phi) is 5.18. The van der Waals surface area contributed by atoms with Crippen LogP contribution in [0.4, 0.5) is 11.4 Å². The maximum Gasteiger partial charge on any atom is 0.0951 e. The van der Waals surface area contributed by atoms with Crippen molar-refractivity contribution in [3.05, 3.63) is 30.5 Å². The molecule has 0 amide bonds. The van der Waals surface area contributed by atoms with Gasteiger partial charge in [-0.15, -0.1) is 0 Å². The number of benzene rings is 1. The number of aromatic nitrogens is 1. The van der Waals surface area contributed by atoms with E-state index in [1.807, 2.05) is 24.3 Å². The Morgan fingerprint density at radius 3 is 2.95 bits per heavy atom.